The second-order valence-electron chi connectivity index (χ2n) is 4.40. The van der Waals surface area contributed by atoms with Crippen LogP contribution in [-0.4, -0.2) is 11.9 Å². The fraction of sp³-hybridized carbons (Fsp3) is 0.800. The van der Waals surface area contributed by atoms with Gasteiger partial charge in [-0.05, 0) is 24.7 Å². The van der Waals surface area contributed by atoms with Crippen molar-refractivity contribution in [2.75, 3.05) is 0 Å². The van der Waals surface area contributed by atoms with Gasteiger partial charge in [0.2, 0.25) is 0 Å². The summed E-state index contributed by atoms with van der Waals surface area (Å²) in [5, 5.41) is 0. The first-order valence-corrected chi connectivity index (χ1v) is 5.04. The van der Waals surface area contributed by atoms with Gasteiger partial charge in [-0.15, -0.1) is 0 Å². The highest BCUT2D eigenvalue weighted by atomic mass is 16.6. The van der Waals surface area contributed by atoms with Gasteiger partial charge in [0, 0.05) is 0 Å². The zero-order valence-corrected chi connectivity index (χ0v) is 7.36. The third-order valence-corrected chi connectivity index (χ3v) is 3.93. The van der Waals surface area contributed by atoms with E-state index < -0.39 is 0 Å². The maximum atomic E-state index is 11.3. The Morgan fingerprint density at radius 2 is 1.38 bits per heavy atom. The van der Waals surface area contributed by atoms with Crippen LogP contribution < -0.4 is 0 Å². The van der Waals surface area contributed by atoms with Crippen molar-refractivity contribution < 1.29 is 14.3 Å². The van der Waals surface area contributed by atoms with Gasteiger partial charge in [0.15, 0.2) is 0 Å². The molecule has 1 saturated heterocycles. The molecule has 3 rings (SSSR count). The summed E-state index contributed by atoms with van der Waals surface area (Å²) in [6, 6.07) is 0. The van der Waals surface area contributed by atoms with E-state index in [1.165, 1.54) is 12.8 Å². The lowest BCUT2D eigenvalue weighted by Gasteiger charge is -2.47. The van der Waals surface area contributed by atoms with Crippen molar-refractivity contribution in [2.24, 2.45) is 23.7 Å². The first-order valence-electron chi connectivity index (χ1n) is 5.04. The van der Waals surface area contributed by atoms with Gasteiger partial charge in [-0.25, -0.2) is 0 Å². The fourth-order valence-electron chi connectivity index (χ4n) is 3.35. The molecule has 0 radical (unpaired) electrons. The van der Waals surface area contributed by atoms with E-state index in [1.807, 2.05) is 0 Å². The Morgan fingerprint density at radius 1 is 0.923 bits per heavy atom. The molecule has 3 aliphatic rings. The molecular formula is C10H12O3. The fourth-order valence-corrected chi connectivity index (χ4v) is 3.35. The summed E-state index contributed by atoms with van der Waals surface area (Å²) in [6.45, 7) is 0. The first-order chi connectivity index (χ1) is 6.29. The van der Waals surface area contributed by atoms with Crippen molar-refractivity contribution in [2.45, 2.75) is 25.7 Å². The molecule has 0 aromatic heterocycles. The van der Waals surface area contributed by atoms with Gasteiger partial charge in [-0.1, -0.05) is 12.8 Å². The Morgan fingerprint density at radius 3 is 1.85 bits per heavy atom. The van der Waals surface area contributed by atoms with Crippen molar-refractivity contribution in [1.82, 2.24) is 0 Å². The van der Waals surface area contributed by atoms with Crippen molar-refractivity contribution >= 4 is 11.9 Å². The van der Waals surface area contributed by atoms with Crippen LogP contribution in [0.3, 0.4) is 0 Å². The van der Waals surface area contributed by atoms with Crippen molar-refractivity contribution in [3.05, 3.63) is 0 Å². The summed E-state index contributed by atoms with van der Waals surface area (Å²) in [5.74, 6) is 0.322. The number of cyclic esters (lactones) is 2. The molecule has 2 aliphatic carbocycles. The maximum Gasteiger partial charge on any atom is 0.317 e. The van der Waals surface area contributed by atoms with Crippen LogP contribution in [0.1, 0.15) is 25.7 Å². The van der Waals surface area contributed by atoms with Gasteiger partial charge in [-0.3, -0.25) is 9.59 Å². The summed E-state index contributed by atoms with van der Waals surface area (Å²) in [5.41, 5.74) is 0. The molecule has 0 bridgehead atoms. The van der Waals surface area contributed by atoms with Gasteiger partial charge < -0.3 is 4.74 Å². The van der Waals surface area contributed by atoms with Crippen LogP contribution >= 0.6 is 0 Å². The lowest BCUT2D eigenvalue weighted by molar-refractivity contribution is -0.153. The minimum absolute atomic E-state index is 0.0576. The van der Waals surface area contributed by atoms with E-state index >= 15 is 0 Å². The number of fused-ring (bicyclic) bond motifs is 4. The lowest BCUT2D eigenvalue weighted by atomic mass is 9.53. The second-order valence-corrected chi connectivity index (χ2v) is 4.40. The Balaban J connectivity index is 1.89. The average Bonchev–Trinajstić information content (AvgIpc) is 2.30. The Bertz CT molecular complexity index is 256. The molecule has 3 nitrogen and oxygen atoms in total. The number of hydrogen-bond donors (Lipinski definition) is 0. The molecule has 3 heteroatoms. The van der Waals surface area contributed by atoms with Crippen LogP contribution in [0.2, 0.25) is 0 Å². The van der Waals surface area contributed by atoms with Gasteiger partial charge >= 0.3 is 11.9 Å². The second kappa shape index (κ2) is 2.34. The molecule has 0 spiro atoms. The van der Waals surface area contributed by atoms with Crippen LogP contribution in [0.25, 0.3) is 0 Å². The summed E-state index contributed by atoms with van der Waals surface area (Å²) in [7, 11) is 0. The summed E-state index contributed by atoms with van der Waals surface area (Å²) < 4.78 is 4.66. The van der Waals surface area contributed by atoms with E-state index in [9.17, 15) is 9.59 Å². The molecule has 1 heterocycles. The minimum Gasteiger partial charge on any atom is -0.393 e. The zero-order valence-electron chi connectivity index (χ0n) is 7.36. The largest absolute Gasteiger partial charge is 0.393 e. The van der Waals surface area contributed by atoms with E-state index in [2.05, 4.69) is 4.74 Å². The lowest BCUT2D eigenvalue weighted by Crippen LogP contribution is -2.49. The molecule has 2 saturated carbocycles. The van der Waals surface area contributed by atoms with Crippen molar-refractivity contribution in [1.29, 1.82) is 0 Å². The SMILES string of the molecule is O=C1OC(=O)C2C3CCCCC3C12. The first kappa shape index (κ1) is 7.54. The highest BCUT2D eigenvalue weighted by Gasteiger charge is 2.63. The Kier molecular flexibility index (Phi) is 1.35. The monoisotopic (exact) mass is 180 g/mol. The van der Waals surface area contributed by atoms with Gasteiger partial charge in [-0.2, -0.15) is 0 Å². The molecule has 0 aromatic carbocycles. The molecule has 3 fully saturated rings. The normalized spacial score (nSPS) is 47.7. The standard InChI is InChI=1S/C10H12O3/c11-9-7-5-3-1-2-4-6(5)8(7)10(12)13-9/h5-8H,1-4H2. The van der Waals surface area contributed by atoms with Crippen LogP contribution in [-0.2, 0) is 14.3 Å². The van der Waals surface area contributed by atoms with Gasteiger partial charge in [0.1, 0.15) is 0 Å². The minimum atomic E-state index is -0.252. The maximum absolute atomic E-state index is 11.3. The molecule has 13 heavy (non-hydrogen) atoms. The number of esters is 2. The summed E-state index contributed by atoms with van der Waals surface area (Å²) in [4.78, 5) is 22.5. The van der Waals surface area contributed by atoms with Crippen molar-refractivity contribution in [3.63, 3.8) is 0 Å². The van der Waals surface area contributed by atoms with Crippen LogP contribution in [0.5, 0.6) is 0 Å². The molecular weight excluding hydrogens is 168 g/mol. The van der Waals surface area contributed by atoms with E-state index in [-0.39, 0.29) is 23.8 Å². The van der Waals surface area contributed by atoms with E-state index in [4.69, 9.17) is 0 Å². The smallest absolute Gasteiger partial charge is 0.317 e. The zero-order chi connectivity index (χ0) is 9.00. The van der Waals surface area contributed by atoms with Crippen LogP contribution in [0, 0.1) is 23.7 Å². The van der Waals surface area contributed by atoms with Crippen molar-refractivity contribution in [3.8, 4) is 0 Å². The third-order valence-electron chi connectivity index (χ3n) is 3.93. The Hall–Kier alpha value is -0.860. The van der Waals surface area contributed by atoms with Crippen LogP contribution in [0.15, 0.2) is 0 Å². The molecule has 4 unspecified atom stereocenters. The highest BCUT2D eigenvalue weighted by molar-refractivity contribution is 5.98. The molecule has 0 amide bonds. The van der Waals surface area contributed by atoms with Gasteiger partial charge in [0.05, 0.1) is 11.8 Å². The Labute approximate surface area is 76.4 Å². The summed E-state index contributed by atoms with van der Waals surface area (Å²) in [6.07, 6.45) is 4.67. The molecule has 0 aromatic rings. The molecule has 70 valence electrons. The molecule has 1 aliphatic heterocycles. The third kappa shape index (κ3) is 0.798. The predicted molar refractivity (Wildman–Crippen MR) is 43.5 cm³/mol. The number of carbonyl (C=O) groups is 2. The molecule has 4 atom stereocenters. The average molecular weight is 180 g/mol. The number of hydrogen-bond acceptors (Lipinski definition) is 3. The molecule has 0 N–H and O–H groups in total. The quantitative estimate of drug-likeness (QED) is 0.414. The van der Waals surface area contributed by atoms with E-state index in [0.29, 0.717) is 11.8 Å². The predicted octanol–water partition coefficient (Wildman–Crippen LogP) is 1.12. The van der Waals surface area contributed by atoms with E-state index in [0.717, 1.165) is 12.8 Å². The number of carbonyl (C=O) groups excluding carboxylic acids is 2. The number of ether oxygens (including phenoxy) is 1. The highest BCUT2D eigenvalue weighted by Crippen LogP contribution is 2.56. The van der Waals surface area contributed by atoms with Gasteiger partial charge in [0.25, 0.3) is 0 Å². The number of rotatable bonds is 0. The van der Waals surface area contributed by atoms with Crippen LogP contribution in [0.4, 0.5) is 0 Å². The topological polar surface area (TPSA) is 43.4 Å². The van der Waals surface area contributed by atoms with E-state index in [1.54, 1.807) is 0 Å². The summed E-state index contributed by atoms with van der Waals surface area (Å²) >= 11 is 0.